The first-order chi connectivity index (χ1) is 17.6. The number of rotatable bonds is 9. The Morgan fingerprint density at radius 1 is 1.11 bits per heavy atom. The molecule has 0 radical (unpaired) electrons. The molecular weight excluding hydrogens is 470 g/mol. The first kappa shape index (κ1) is 26.5. The Balaban J connectivity index is 1.54. The summed E-state index contributed by atoms with van der Waals surface area (Å²) in [5.41, 5.74) is 6.63. The van der Waals surface area contributed by atoms with Crippen LogP contribution in [0.2, 0.25) is 0 Å². The van der Waals surface area contributed by atoms with E-state index in [1.54, 1.807) is 25.8 Å². The SMILES string of the molecule is CN1N=C2CCN(C(=O)[C@H](COCc3ccccc3)NC(=O)C(C)(C)N)C[C@]2(Cc2ccccc2)C1=O. The molecular formula is C28H35N5O4. The van der Waals surface area contributed by atoms with Crippen molar-refractivity contribution in [1.29, 1.82) is 0 Å². The zero-order valence-electron chi connectivity index (χ0n) is 21.6. The highest BCUT2D eigenvalue weighted by Gasteiger charge is 2.54. The molecule has 196 valence electrons. The smallest absolute Gasteiger partial charge is 0.256 e. The monoisotopic (exact) mass is 505 g/mol. The second kappa shape index (κ2) is 10.8. The summed E-state index contributed by atoms with van der Waals surface area (Å²) in [6, 6.07) is 18.4. The molecule has 3 amide bonds. The van der Waals surface area contributed by atoms with Gasteiger partial charge in [-0.1, -0.05) is 60.7 Å². The number of fused-ring (bicyclic) bond motifs is 1. The van der Waals surface area contributed by atoms with Crippen molar-refractivity contribution in [3.63, 3.8) is 0 Å². The molecule has 2 heterocycles. The standard InChI is InChI=1S/C28H35N5O4/c1-27(2,29)25(35)30-22(18-37-17-21-12-8-5-9-13-21)24(34)33-15-14-23-28(19-33,26(36)32(3)31-23)16-20-10-6-4-7-11-20/h4-13,22H,14-19,29H2,1-3H3,(H,30,35)/t22-,28-/m0/s1. The van der Waals surface area contributed by atoms with Gasteiger partial charge in [0.25, 0.3) is 5.91 Å². The van der Waals surface area contributed by atoms with E-state index >= 15 is 0 Å². The fourth-order valence-corrected chi connectivity index (χ4v) is 4.82. The summed E-state index contributed by atoms with van der Waals surface area (Å²) < 4.78 is 5.85. The van der Waals surface area contributed by atoms with Gasteiger partial charge in [0.1, 0.15) is 11.5 Å². The third-order valence-corrected chi connectivity index (χ3v) is 6.85. The summed E-state index contributed by atoms with van der Waals surface area (Å²) in [5.74, 6) is -0.892. The van der Waals surface area contributed by atoms with Gasteiger partial charge in [-0.2, -0.15) is 5.10 Å². The van der Waals surface area contributed by atoms with E-state index in [9.17, 15) is 14.4 Å². The van der Waals surface area contributed by atoms with Gasteiger partial charge in [0.05, 0.1) is 24.5 Å². The largest absolute Gasteiger partial charge is 0.374 e. The van der Waals surface area contributed by atoms with Crippen molar-refractivity contribution < 1.29 is 19.1 Å². The van der Waals surface area contributed by atoms with E-state index in [2.05, 4.69) is 10.4 Å². The van der Waals surface area contributed by atoms with Crippen LogP contribution in [0.25, 0.3) is 0 Å². The first-order valence-corrected chi connectivity index (χ1v) is 12.5. The van der Waals surface area contributed by atoms with Gasteiger partial charge in [0, 0.05) is 26.6 Å². The molecule has 9 nitrogen and oxygen atoms in total. The maximum atomic E-state index is 13.8. The highest BCUT2D eigenvalue weighted by molar-refractivity contribution is 6.13. The molecule has 2 aromatic carbocycles. The van der Waals surface area contributed by atoms with Gasteiger partial charge in [0.15, 0.2) is 0 Å². The van der Waals surface area contributed by atoms with Gasteiger partial charge >= 0.3 is 0 Å². The van der Waals surface area contributed by atoms with E-state index in [1.165, 1.54) is 5.01 Å². The summed E-state index contributed by atoms with van der Waals surface area (Å²) in [5, 5.41) is 8.67. The molecule has 37 heavy (non-hydrogen) atoms. The van der Waals surface area contributed by atoms with Gasteiger partial charge in [-0.25, -0.2) is 5.01 Å². The molecule has 2 aliphatic heterocycles. The topological polar surface area (TPSA) is 117 Å². The molecule has 2 atom stereocenters. The molecule has 4 rings (SSSR count). The van der Waals surface area contributed by atoms with E-state index in [0.717, 1.165) is 16.8 Å². The van der Waals surface area contributed by atoms with Crippen LogP contribution in [0.1, 0.15) is 31.4 Å². The highest BCUT2D eigenvalue weighted by atomic mass is 16.5. The lowest BCUT2D eigenvalue weighted by Crippen LogP contribution is -2.61. The molecule has 3 N–H and O–H groups in total. The number of likely N-dealkylation sites (tertiary alicyclic amines) is 1. The molecule has 2 aromatic rings. The lowest BCUT2D eigenvalue weighted by molar-refractivity contribution is -0.143. The molecule has 0 unspecified atom stereocenters. The van der Waals surface area contributed by atoms with Crippen molar-refractivity contribution in [2.45, 2.75) is 44.9 Å². The summed E-state index contributed by atoms with van der Waals surface area (Å²) in [4.78, 5) is 41.6. The van der Waals surface area contributed by atoms with Crippen molar-refractivity contribution >= 4 is 23.4 Å². The number of hydrazone groups is 1. The number of hydrogen-bond acceptors (Lipinski definition) is 6. The van der Waals surface area contributed by atoms with Crippen LogP contribution < -0.4 is 11.1 Å². The Morgan fingerprint density at radius 2 is 1.73 bits per heavy atom. The molecule has 1 saturated heterocycles. The molecule has 0 aliphatic carbocycles. The van der Waals surface area contributed by atoms with Gasteiger partial charge in [-0.15, -0.1) is 0 Å². The minimum atomic E-state index is -1.17. The molecule has 1 fully saturated rings. The maximum Gasteiger partial charge on any atom is 0.256 e. The number of ether oxygens (including phenoxy) is 1. The second-order valence-electron chi connectivity index (χ2n) is 10.4. The third kappa shape index (κ3) is 5.89. The quantitative estimate of drug-likeness (QED) is 0.538. The first-order valence-electron chi connectivity index (χ1n) is 12.5. The Hall–Kier alpha value is -3.56. The number of amides is 3. The summed E-state index contributed by atoms with van der Waals surface area (Å²) in [6.45, 7) is 4.02. The highest BCUT2D eigenvalue weighted by Crippen LogP contribution is 2.38. The Kier molecular flexibility index (Phi) is 7.75. The minimum absolute atomic E-state index is 0.0213. The number of nitrogens with two attached hydrogens (primary N) is 1. The molecule has 9 heteroatoms. The van der Waals surface area contributed by atoms with Crippen LogP contribution in [0, 0.1) is 5.41 Å². The Bertz CT molecular complexity index is 1160. The van der Waals surface area contributed by atoms with Crippen LogP contribution in [0.15, 0.2) is 65.8 Å². The molecule has 0 bridgehead atoms. The molecule has 2 aliphatic rings. The van der Waals surface area contributed by atoms with Crippen LogP contribution in [0.3, 0.4) is 0 Å². The summed E-state index contributed by atoms with van der Waals surface area (Å²) in [7, 11) is 1.65. The van der Waals surface area contributed by atoms with Crippen molar-refractivity contribution in [1.82, 2.24) is 15.2 Å². The van der Waals surface area contributed by atoms with Crippen LogP contribution in [-0.4, -0.2) is 71.7 Å². The average Bonchev–Trinajstić information content (AvgIpc) is 3.12. The number of nitrogens with one attached hydrogen (secondary N) is 1. The van der Waals surface area contributed by atoms with E-state index in [4.69, 9.17) is 10.5 Å². The predicted molar refractivity (Wildman–Crippen MR) is 140 cm³/mol. The van der Waals surface area contributed by atoms with E-state index in [1.807, 2.05) is 60.7 Å². The molecule has 0 spiro atoms. The summed E-state index contributed by atoms with van der Waals surface area (Å²) in [6.07, 6.45) is 0.916. The fourth-order valence-electron chi connectivity index (χ4n) is 4.82. The molecule has 0 saturated carbocycles. The van der Waals surface area contributed by atoms with Crippen LogP contribution in [-0.2, 0) is 32.1 Å². The minimum Gasteiger partial charge on any atom is -0.374 e. The normalized spacial score (nSPS) is 20.3. The van der Waals surface area contributed by atoms with Gasteiger partial charge < -0.3 is 20.7 Å². The van der Waals surface area contributed by atoms with Crippen molar-refractivity contribution in [2.24, 2.45) is 16.3 Å². The maximum absolute atomic E-state index is 13.8. The van der Waals surface area contributed by atoms with E-state index < -0.39 is 22.9 Å². The van der Waals surface area contributed by atoms with Crippen LogP contribution >= 0.6 is 0 Å². The zero-order chi connectivity index (χ0) is 26.6. The number of carbonyl (C=O) groups excluding carboxylic acids is 3. The second-order valence-corrected chi connectivity index (χ2v) is 10.4. The third-order valence-electron chi connectivity index (χ3n) is 6.85. The molecule has 0 aromatic heterocycles. The number of benzene rings is 2. The average molecular weight is 506 g/mol. The lowest BCUT2D eigenvalue weighted by atomic mass is 9.73. The predicted octanol–water partition coefficient (Wildman–Crippen LogP) is 1.71. The van der Waals surface area contributed by atoms with Gasteiger partial charge in [0.2, 0.25) is 11.8 Å². The Morgan fingerprint density at radius 3 is 2.35 bits per heavy atom. The van der Waals surface area contributed by atoms with Gasteiger partial charge in [-0.05, 0) is 31.4 Å². The number of carbonyl (C=O) groups is 3. The van der Waals surface area contributed by atoms with E-state index in [-0.39, 0.29) is 25.0 Å². The number of hydrogen-bond donors (Lipinski definition) is 2. The van der Waals surface area contributed by atoms with Crippen LogP contribution in [0.5, 0.6) is 0 Å². The Labute approximate surface area is 217 Å². The number of nitrogens with zero attached hydrogens (tertiary/aromatic N) is 3. The van der Waals surface area contributed by atoms with Crippen molar-refractivity contribution in [3.05, 3.63) is 71.8 Å². The summed E-state index contributed by atoms with van der Waals surface area (Å²) >= 11 is 0. The van der Waals surface area contributed by atoms with Crippen LogP contribution in [0.4, 0.5) is 0 Å². The zero-order valence-corrected chi connectivity index (χ0v) is 21.6. The number of piperidine rings is 1. The van der Waals surface area contributed by atoms with Crippen molar-refractivity contribution in [2.75, 3.05) is 26.7 Å². The fraction of sp³-hybridized carbons (Fsp3) is 0.429. The van der Waals surface area contributed by atoms with Crippen molar-refractivity contribution in [3.8, 4) is 0 Å². The van der Waals surface area contributed by atoms with Gasteiger partial charge in [-0.3, -0.25) is 14.4 Å². The lowest BCUT2D eigenvalue weighted by Gasteiger charge is -2.40. The van der Waals surface area contributed by atoms with E-state index in [0.29, 0.717) is 26.0 Å².